The largest absolute Gasteiger partial charge is 0.372 e. The maximum absolute atomic E-state index is 6.09. The summed E-state index contributed by atoms with van der Waals surface area (Å²) in [5, 5.41) is 0.757. The van der Waals surface area contributed by atoms with Crippen LogP contribution in [0.15, 0.2) is 12.1 Å². The second-order valence-electron chi connectivity index (χ2n) is 3.80. The van der Waals surface area contributed by atoms with Gasteiger partial charge >= 0.3 is 0 Å². The number of rotatable bonds is 0. The average Bonchev–Trinajstić information content (AvgIpc) is 2.16. The van der Waals surface area contributed by atoms with Crippen molar-refractivity contribution >= 4 is 11.6 Å². The minimum absolute atomic E-state index is 0.0579. The van der Waals surface area contributed by atoms with Crippen LogP contribution in [-0.4, -0.2) is 6.10 Å². The van der Waals surface area contributed by atoms with Crippen molar-refractivity contribution in [1.82, 2.24) is 0 Å². The van der Waals surface area contributed by atoms with Crippen molar-refractivity contribution in [2.24, 2.45) is 5.73 Å². The molecule has 1 aromatic rings. The first-order valence-electron chi connectivity index (χ1n) is 4.76. The van der Waals surface area contributed by atoms with Gasteiger partial charge in [-0.05, 0) is 31.0 Å². The highest BCUT2D eigenvalue weighted by Gasteiger charge is 2.26. The summed E-state index contributed by atoms with van der Waals surface area (Å²) in [7, 11) is 0. The zero-order chi connectivity index (χ0) is 10.3. The van der Waals surface area contributed by atoms with Gasteiger partial charge in [-0.2, -0.15) is 0 Å². The Labute approximate surface area is 89.0 Å². The van der Waals surface area contributed by atoms with Gasteiger partial charge in [0.1, 0.15) is 0 Å². The third-order valence-corrected chi connectivity index (χ3v) is 3.20. The van der Waals surface area contributed by atoms with Crippen LogP contribution in [0, 0.1) is 6.92 Å². The molecule has 0 radical (unpaired) electrons. The van der Waals surface area contributed by atoms with Crippen LogP contribution in [0.25, 0.3) is 0 Å². The molecule has 0 spiro atoms. The zero-order valence-electron chi connectivity index (χ0n) is 8.38. The number of hydrogen-bond acceptors (Lipinski definition) is 2. The van der Waals surface area contributed by atoms with Crippen molar-refractivity contribution in [2.45, 2.75) is 32.6 Å². The van der Waals surface area contributed by atoms with Crippen molar-refractivity contribution in [3.8, 4) is 0 Å². The van der Waals surface area contributed by atoms with Crippen molar-refractivity contribution in [3.05, 3.63) is 33.8 Å². The van der Waals surface area contributed by atoms with Crippen molar-refractivity contribution < 1.29 is 4.74 Å². The van der Waals surface area contributed by atoms with E-state index >= 15 is 0 Å². The molecule has 0 amide bonds. The van der Waals surface area contributed by atoms with Crippen LogP contribution in [-0.2, 0) is 11.3 Å². The van der Waals surface area contributed by atoms with Gasteiger partial charge in [-0.15, -0.1) is 0 Å². The summed E-state index contributed by atoms with van der Waals surface area (Å²) in [6.45, 7) is 4.63. The van der Waals surface area contributed by atoms with Gasteiger partial charge < -0.3 is 10.5 Å². The summed E-state index contributed by atoms with van der Waals surface area (Å²) in [5.74, 6) is 0. The van der Waals surface area contributed by atoms with Gasteiger partial charge in [0, 0.05) is 10.6 Å². The Morgan fingerprint density at radius 1 is 1.50 bits per heavy atom. The van der Waals surface area contributed by atoms with Crippen LogP contribution in [0.3, 0.4) is 0 Å². The molecular formula is C11H14ClNO. The van der Waals surface area contributed by atoms with Gasteiger partial charge in [0.2, 0.25) is 0 Å². The monoisotopic (exact) mass is 211 g/mol. The fourth-order valence-corrected chi connectivity index (χ4v) is 2.14. The number of hydrogen-bond donors (Lipinski definition) is 1. The highest BCUT2D eigenvalue weighted by Crippen LogP contribution is 2.34. The summed E-state index contributed by atoms with van der Waals surface area (Å²) < 4.78 is 5.54. The van der Waals surface area contributed by atoms with E-state index in [0.717, 1.165) is 16.1 Å². The first-order chi connectivity index (χ1) is 6.61. The van der Waals surface area contributed by atoms with Crippen LogP contribution in [0.1, 0.15) is 29.7 Å². The average molecular weight is 212 g/mol. The maximum atomic E-state index is 6.09. The first-order valence-corrected chi connectivity index (χ1v) is 5.14. The lowest BCUT2D eigenvalue weighted by Crippen LogP contribution is -2.32. The molecule has 1 heterocycles. The Bertz CT molecular complexity index is 365. The van der Waals surface area contributed by atoms with E-state index in [9.17, 15) is 0 Å². The Balaban J connectivity index is 2.58. The molecule has 0 saturated carbocycles. The lowest BCUT2D eigenvalue weighted by atomic mass is 9.91. The Kier molecular flexibility index (Phi) is 2.52. The Morgan fingerprint density at radius 2 is 2.21 bits per heavy atom. The molecule has 2 atom stereocenters. The molecule has 2 rings (SSSR count). The van der Waals surface area contributed by atoms with Crippen LogP contribution in [0.2, 0.25) is 5.02 Å². The minimum Gasteiger partial charge on any atom is -0.372 e. The molecule has 0 bridgehead atoms. The van der Waals surface area contributed by atoms with Gasteiger partial charge in [0.15, 0.2) is 0 Å². The number of ether oxygens (including phenoxy) is 1. The predicted molar refractivity (Wildman–Crippen MR) is 57.4 cm³/mol. The van der Waals surface area contributed by atoms with Gasteiger partial charge in [-0.3, -0.25) is 0 Å². The Hall–Kier alpha value is -0.570. The standard InChI is InChI=1S/C11H14ClNO/c1-6-3-4-9(12)8-5-14-7(2)11(13)10(6)8/h3-4,7,11H,5,13H2,1-2H3/t7-,11?/m0/s1. The Morgan fingerprint density at radius 3 is 2.93 bits per heavy atom. The number of fused-ring (bicyclic) bond motifs is 1. The quantitative estimate of drug-likeness (QED) is 0.716. The van der Waals surface area contributed by atoms with E-state index in [2.05, 4.69) is 6.92 Å². The van der Waals surface area contributed by atoms with Crippen molar-refractivity contribution in [2.75, 3.05) is 0 Å². The van der Waals surface area contributed by atoms with E-state index in [-0.39, 0.29) is 12.1 Å². The summed E-state index contributed by atoms with van der Waals surface area (Å²) in [4.78, 5) is 0. The van der Waals surface area contributed by atoms with Gasteiger partial charge in [0.05, 0.1) is 18.8 Å². The van der Waals surface area contributed by atoms with Crippen LogP contribution < -0.4 is 5.73 Å². The van der Waals surface area contributed by atoms with Crippen LogP contribution >= 0.6 is 11.6 Å². The molecular weight excluding hydrogens is 198 g/mol. The van der Waals surface area contributed by atoms with Crippen LogP contribution in [0.4, 0.5) is 0 Å². The van der Waals surface area contributed by atoms with Gasteiger partial charge in [-0.1, -0.05) is 17.7 Å². The maximum Gasteiger partial charge on any atom is 0.0744 e. The molecule has 2 nitrogen and oxygen atoms in total. The van der Waals surface area contributed by atoms with E-state index < -0.39 is 0 Å². The molecule has 1 aliphatic rings. The molecule has 76 valence electrons. The fourth-order valence-electron chi connectivity index (χ4n) is 1.92. The molecule has 0 aliphatic carbocycles. The molecule has 1 aromatic carbocycles. The summed E-state index contributed by atoms with van der Waals surface area (Å²) in [6, 6.07) is 3.86. The topological polar surface area (TPSA) is 35.2 Å². The molecule has 14 heavy (non-hydrogen) atoms. The smallest absolute Gasteiger partial charge is 0.0744 e. The van der Waals surface area contributed by atoms with Gasteiger partial charge in [0.25, 0.3) is 0 Å². The highest BCUT2D eigenvalue weighted by atomic mass is 35.5. The third kappa shape index (κ3) is 1.44. The van der Waals surface area contributed by atoms with E-state index in [4.69, 9.17) is 22.1 Å². The van der Waals surface area contributed by atoms with E-state index in [1.54, 1.807) is 0 Å². The lowest BCUT2D eigenvalue weighted by molar-refractivity contribution is 0.0212. The number of halogens is 1. The molecule has 1 aliphatic heterocycles. The molecule has 0 fully saturated rings. The second-order valence-corrected chi connectivity index (χ2v) is 4.21. The first kappa shape index (κ1) is 9.97. The zero-order valence-corrected chi connectivity index (χ0v) is 9.14. The van der Waals surface area contributed by atoms with E-state index in [1.165, 1.54) is 5.56 Å². The SMILES string of the molecule is Cc1ccc(Cl)c2c1C(N)[C@H](C)OC2. The number of benzene rings is 1. The van der Waals surface area contributed by atoms with Crippen LogP contribution in [0.5, 0.6) is 0 Å². The number of nitrogens with two attached hydrogens (primary N) is 1. The lowest BCUT2D eigenvalue weighted by Gasteiger charge is -2.30. The van der Waals surface area contributed by atoms with E-state index in [1.807, 2.05) is 19.1 Å². The predicted octanol–water partition coefficient (Wildman–Crippen LogP) is 2.57. The normalized spacial score (nSPS) is 26.0. The molecule has 0 aromatic heterocycles. The minimum atomic E-state index is -0.0579. The highest BCUT2D eigenvalue weighted by molar-refractivity contribution is 6.31. The summed E-state index contributed by atoms with van der Waals surface area (Å²) >= 11 is 6.09. The molecule has 2 N–H and O–H groups in total. The van der Waals surface area contributed by atoms with Crippen molar-refractivity contribution in [3.63, 3.8) is 0 Å². The van der Waals surface area contributed by atoms with Crippen molar-refractivity contribution in [1.29, 1.82) is 0 Å². The molecule has 3 heteroatoms. The molecule has 0 saturated heterocycles. The number of aryl methyl sites for hydroxylation is 1. The van der Waals surface area contributed by atoms with Gasteiger partial charge in [-0.25, -0.2) is 0 Å². The second kappa shape index (κ2) is 3.54. The summed E-state index contributed by atoms with van der Waals surface area (Å²) in [5.41, 5.74) is 9.49. The van der Waals surface area contributed by atoms with E-state index in [0.29, 0.717) is 6.61 Å². The molecule has 1 unspecified atom stereocenters. The third-order valence-electron chi connectivity index (χ3n) is 2.85. The fraction of sp³-hybridized carbons (Fsp3) is 0.455. The summed E-state index contributed by atoms with van der Waals surface area (Å²) in [6.07, 6.45) is 0.0691.